The molecule has 0 aliphatic heterocycles. The van der Waals surface area contributed by atoms with Gasteiger partial charge in [-0.2, -0.15) is 0 Å². The number of nitrogens with zero attached hydrogens (tertiary/aromatic N) is 2. The summed E-state index contributed by atoms with van der Waals surface area (Å²) in [6, 6.07) is 15.0. The molecule has 0 amide bonds. The van der Waals surface area contributed by atoms with Crippen molar-refractivity contribution in [3.63, 3.8) is 0 Å². The monoisotopic (exact) mass is 436 g/mol. The Hall–Kier alpha value is -0.606. The Morgan fingerprint density at radius 3 is 1.93 bits per heavy atom. The molecule has 0 spiro atoms. The normalized spacial score (nSPS) is 12.3. The summed E-state index contributed by atoms with van der Waals surface area (Å²) in [7, 11) is -3.18. The molecular weight excluding hydrogens is 405 g/mol. The van der Waals surface area contributed by atoms with E-state index in [0.717, 1.165) is 10.9 Å². The van der Waals surface area contributed by atoms with Crippen molar-refractivity contribution in [1.82, 2.24) is 9.97 Å². The summed E-state index contributed by atoms with van der Waals surface area (Å²) in [5.74, 6) is 2.25. The Kier molecular flexibility index (Phi) is 9.58. The van der Waals surface area contributed by atoms with Crippen LogP contribution in [0.4, 0.5) is 0 Å². The van der Waals surface area contributed by atoms with Crippen LogP contribution in [0.1, 0.15) is 12.8 Å². The predicted molar refractivity (Wildman–Crippen MR) is 125 cm³/mol. The first kappa shape index (κ1) is 22.7. The number of hydrogen-bond donors (Lipinski definition) is 0. The molecule has 0 unspecified atom stereocenters. The van der Waals surface area contributed by atoms with Gasteiger partial charge < -0.3 is 4.12 Å². The van der Waals surface area contributed by atoms with Crippen LogP contribution < -0.4 is 0 Å². The molecule has 7 heteroatoms. The zero-order valence-corrected chi connectivity index (χ0v) is 20.6. The average molecular weight is 437 g/mol. The average Bonchev–Trinajstić information content (AvgIpc) is 2.63. The van der Waals surface area contributed by atoms with Crippen LogP contribution in [0.5, 0.6) is 0 Å². The first-order valence-electron chi connectivity index (χ1n) is 9.64. The summed E-state index contributed by atoms with van der Waals surface area (Å²) in [4.78, 5) is 9.91. The molecule has 1 aromatic heterocycles. The van der Waals surface area contributed by atoms with Crippen LogP contribution in [0.3, 0.4) is 0 Å². The van der Waals surface area contributed by atoms with Crippen LogP contribution in [0, 0.1) is 0 Å². The molecule has 0 aliphatic rings. The van der Waals surface area contributed by atoms with E-state index >= 15 is 0 Å². The highest BCUT2D eigenvalue weighted by molar-refractivity contribution is 7.99. The van der Waals surface area contributed by atoms with Gasteiger partial charge >= 0.3 is 0 Å². The van der Waals surface area contributed by atoms with E-state index in [1.807, 2.05) is 17.8 Å². The van der Waals surface area contributed by atoms with Gasteiger partial charge in [0.15, 0.2) is 21.8 Å². The first-order chi connectivity index (χ1) is 12.9. The van der Waals surface area contributed by atoms with Crippen LogP contribution in [-0.4, -0.2) is 38.1 Å². The minimum Gasteiger partial charge on any atom is -0.455 e. The molecule has 0 saturated carbocycles. The van der Waals surface area contributed by atoms with Gasteiger partial charge in [0, 0.05) is 23.0 Å². The quantitative estimate of drug-likeness (QED) is 0.163. The van der Waals surface area contributed by atoms with Crippen LogP contribution in [0.2, 0.25) is 38.3 Å². The van der Waals surface area contributed by atoms with Crippen molar-refractivity contribution in [2.45, 2.75) is 61.2 Å². The lowest BCUT2D eigenvalue weighted by Crippen LogP contribution is -2.44. The standard InChI is InChI=1S/C20H32N2OS2Si2/c1-26(2,17-9-15-24-19-11-6-5-7-12-19)23-27(3,4)18-10-16-25-20-21-13-8-14-22-20/h5-8,11-14H,9-10,15-18H2,1-4H3. The van der Waals surface area contributed by atoms with Gasteiger partial charge in [-0.15, -0.1) is 11.8 Å². The second kappa shape index (κ2) is 11.4. The Balaban J connectivity index is 1.64. The first-order valence-corrected chi connectivity index (χ1v) is 17.8. The number of benzene rings is 1. The van der Waals surface area contributed by atoms with Crippen molar-refractivity contribution in [1.29, 1.82) is 0 Å². The van der Waals surface area contributed by atoms with Gasteiger partial charge in [-0.05, 0) is 75.1 Å². The third kappa shape index (κ3) is 9.94. The smallest absolute Gasteiger partial charge is 0.187 e. The van der Waals surface area contributed by atoms with Gasteiger partial charge in [-0.1, -0.05) is 30.0 Å². The minimum atomic E-state index is -1.60. The third-order valence-electron chi connectivity index (χ3n) is 4.18. The summed E-state index contributed by atoms with van der Waals surface area (Å²) < 4.78 is 6.76. The maximum Gasteiger partial charge on any atom is 0.187 e. The zero-order valence-electron chi connectivity index (χ0n) is 17.0. The minimum absolute atomic E-state index is 0.878. The molecule has 1 heterocycles. The maximum atomic E-state index is 6.76. The van der Waals surface area contributed by atoms with Crippen LogP contribution >= 0.6 is 23.5 Å². The fourth-order valence-corrected chi connectivity index (χ4v) is 14.1. The largest absolute Gasteiger partial charge is 0.455 e. The third-order valence-corrected chi connectivity index (χ3v) is 13.8. The van der Waals surface area contributed by atoms with Gasteiger partial charge in [0.1, 0.15) is 0 Å². The maximum absolute atomic E-state index is 6.76. The highest BCUT2D eigenvalue weighted by atomic mass is 32.2. The van der Waals surface area contributed by atoms with Crippen molar-refractivity contribution in [3.05, 3.63) is 48.8 Å². The highest BCUT2D eigenvalue weighted by Crippen LogP contribution is 2.27. The van der Waals surface area contributed by atoms with Crippen LogP contribution in [0.25, 0.3) is 0 Å². The van der Waals surface area contributed by atoms with Gasteiger partial charge in [0.05, 0.1) is 0 Å². The summed E-state index contributed by atoms with van der Waals surface area (Å²) >= 11 is 3.70. The van der Waals surface area contributed by atoms with Crippen molar-refractivity contribution in [3.8, 4) is 0 Å². The topological polar surface area (TPSA) is 35.0 Å². The lowest BCUT2D eigenvalue weighted by molar-refractivity contribution is 0.534. The molecule has 0 bridgehead atoms. The van der Waals surface area contributed by atoms with E-state index in [9.17, 15) is 0 Å². The molecular formula is C20H32N2OS2Si2. The molecule has 0 fully saturated rings. The van der Waals surface area contributed by atoms with E-state index in [2.05, 4.69) is 66.5 Å². The molecule has 2 rings (SSSR count). The molecule has 0 N–H and O–H groups in total. The molecule has 27 heavy (non-hydrogen) atoms. The summed E-state index contributed by atoms with van der Waals surface area (Å²) in [6.45, 7) is 9.54. The van der Waals surface area contributed by atoms with E-state index in [0.29, 0.717) is 0 Å². The molecule has 0 saturated heterocycles. The summed E-state index contributed by atoms with van der Waals surface area (Å²) in [5, 5.41) is 0.878. The van der Waals surface area contributed by atoms with Crippen LogP contribution in [-0.2, 0) is 4.12 Å². The fourth-order valence-electron chi connectivity index (χ4n) is 3.08. The number of rotatable bonds is 12. The van der Waals surface area contributed by atoms with Gasteiger partial charge in [-0.3, -0.25) is 0 Å². The number of aromatic nitrogens is 2. The van der Waals surface area contributed by atoms with Crippen LogP contribution in [0.15, 0.2) is 58.8 Å². The number of thioether (sulfide) groups is 2. The molecule has 148 valence electrons. The molecule has 3 nitrogen and oxygen atoms in total. The fraction of sp³-hybridized carbons (Fsp3) is 0.500. The summed E-state index contributed by atoms with van der Waals surface area (Å²) in [5.41, 5.74) is 0. The van der Waals surface area contributed by atoms with Crippen molar-refractivity contribution in [2.24, 2.45) is 0 Å². The second-order valence-corrected chi connectivity index (χ2v) is 19.0. The predicted octanol–water partition coefficient (Wildman–Crippen LogP) is 6.57. The van der Waals surface area contributed by atoms with Crippen molar-refractivity contribution >= 4 is 40.2 Å². The van der Waals surface area contributed by atoms with Gasteiger partial charge in [0.2, 0.25) is 0 Å². The molecule has 2 aromatic rings. The molecule has 1 aromatic carbocycles. The molecule has 0 radical (unpaired) electrons. The van der Waals surface area contributed by atoms with Crippen molar-refractivity contribution in [2.75, 3.05) is 11.5 Å². The summed E-state index contributed by atoms with van der Waals surface area (Å²) in [6.07, 6.45) is 6.03. The van der Waals surface area contributed by atoms with E-state index < -0.39 is 16.6 Å². The Bertz CT molecular complexity index is 600. The number of hydrogen-bond acceptors (Lipinski definition) is 5. The van der Waals surface area contributed by atoms with E-state index in [4.69, 9.17) is 4.12 Å². The Labute approximate surface area is 175 Å². The lowest BCUT2D eigenvalue weighted by Gasteiger charge is -2.34. The molecule has 0 aliphatic carbocycles. The SMILES string of the molecule is C[Si](C)(CCCSc1ccccc1)O[Si](C)(C)CCCSc1ncccn1. The zero-order chi connectivity index (χ0) is 19.6. The van der Waals surface area contributed by atoms with Gasteiger partial charge in [-0.25, -0.2) is 9.97 Å². The lowest BCUT2D eigenvalue weighted by atomic mass is 10.4. The highest BCUT2D eigenvalue weighted by Gasteiger charge is 2.32. The van der Waals surface area contributed by atoms with E-state index in [1.54, 1.807) is 24.2 Å². The Morgan fingerprint density at radius 1 is 0.778 bits per heavy atom. The van der Waals surface area contributed by atoms with Gasteiger partial charge in [0.25, 0.3) is 0 Å². The van der Waals surface area contributed by atoms with Crippen molar-refractivity contribution < 1.29 is 4.12 Å². The molecule has 0 atom stereocenters. The second-order valence-electron chi connectivity index (χ2n) is 7.87. The van der Waals surface area contributed by atoms with E-state index in [-0.39, 0.29) is 0 Å². The van der Waals surface area contributed by atoms with E-state index in [1.165, 1.54) is 35.6 Å². The Morgan fingerprint density at radius 2 is 1.33 bits per heavy atom.